The maximum atomic E-state index is 13.0. The predicted octanol–water partition coefficient (Wildman–Crippen LogP) is 3.88. The van der Waals surface area contributed by atoms with Crippen molar-refractivity contribution < 1.29 is 18.0 Å². The normalized spacial score (nSPS) is 11.3. The number of carbonyl (C=O) groups excluding carboxylic acids is 1. The maximum absolute atomic E-state index is 13.0. The van der Waals surface area contributed by atoms with Gasteiger partial charge in [0.2, 0.25) is 5.91 Å². The number of para-hydroxylation sites is 1. The van der Waals surface area contributed by atoms with Gasteiger partial charge in [-0.25, -0.2) is 4.68 Å². The number of hydrogen-bond acceptors (Lipinski definition) is 3. The molecule has 0 unspecified atom stereocenters. The quantitative estimate of drug-likeness (QED) is 0.739. The molecule has 5 nitrogen and oxygen atoms in total. The first-order valence-electron chi connectivity index (χ1n) is 8.36. The van der Waals surface area contributed by atoms with Gasteiger partial charge >= 0.3 is 6.18 Å². The molecule has 0 atom stereocenters. The number of aryl methyl sites for hydroxylation is 1. The van der Waals surface area contributed by atoms with Crippen LogP contribution in [0, 0.1) is 6.92 Å². The van der Waals surface area contributed by atoms with E-state index in [1.54, 1.807) is 0 Å². The van der Waals surface area contributed by atoms with Crippen LogP contribution in [0.1, 0.15) is 11.1 Å². The molecule has 0 aliphatic heterocycles. The van der Waals surface area contributed by atoms with Gasteiger partial charge in [0.1, 0.15) is 6.54 Å². The molecule has 144 valence electrons. The minimum Gasteiger partial charge on any atom is -0.324 e. The van der Waals surface area contributed by atoms with Crippen molar-refractivity contribution in [3.05, 3.63) is 82.1 Å². The number of carbonyl (C=O) groups is 1. The van der Waals surface area contributed by atoms with E-state index in [1.807, 2.05) is 31.2 Å². The summed E-state index contributed by atoms with van der Waals surface area (Å²) in [6.45, 7) is 1.37. The summed E-state index contributed by atoms with van der Waals surface area (Å²) in [7, 11) is 0. The molecule has 28 heavy (non-hydrogen) atoms. The summed E-state index contributed by atoms with van der Waals surface area (Å²) in [5.41, 5.74) is 0.348. The lowest BCUT2D eigenvalue weighted by atomic mass is 10.1. The summed E-state index contributed by atoms with van der Waals surface area (Å²) in [4.78, 5) is 24.3. The highest BCUT2D eigenvalue weighted by atomic mass is 19.4. The van der Waals surface area contributed by atoms with Crippen LogP contribution in [-0.4, -0.2) is 15.7 Å². The van der Waals surface area contributed by atoms with Crippen molar-refractivity contribution in [1.82, 2.24) is 9.78 Å². The summed E-state index contributed by atoms with van der Waals surface area (Å²) in [6.07, 6.45) is -4.61. The first kappa shape index (κ1) is 19.3. The van der Waals surface area contributed by atoms with Gasteiger partial charge in [0.25, 0.3) is 5.56 Å². The van der Waals surface area contributed by atoms with Crippen LogP contribution in [0.15, 0.2) is 65.5 Å². The molecule has 3 aromatic rings. The Bertz CT molecular complexity index is 1070. The first-order valence-corrected chi connectivity index (χ1v) is 8.36. The molecule has 8 heteroatoms. The Labute approximate surface area is 158 Å². The zero-order valence-electron chi connectivity index (χ0n) is 14.8. The lowest BCUT2D eigenvalue weighted by Crippen LogP contribution is -2.29. The van der Waals surface area contributed by atoms with E-state index in [2.05, 4.69) is 10.4 Å². The van der Waals surface area contributed by atoms with Crippen molar-refractivity contribution in [2.75, 3.05) is 5.32 Å². The summed E-state index contributed by atoms with van der Waals surface area (Å²) in [6, 6.07) is 14.8. The molecule has 0 fully saturated rings. The second kappa shape index (κ2) is 7.67. The smallest absolute Gasteiger partial charge is 0.324 e. The van der Waals surface area contributed by atoms with Gasteiger partial charge in [-0.15, -0.1) is 0 Å². The molecule has 1 N–H and O–H groups in total. The molecule has 0 aliphatic rings. The number of nitrogens with one attached hydrogen (secondary N) is 1. The van der Waals surface area contributed by atoms with Gasteiger partial charge in [-0.05, 0) is 30.7 Å². The number of nitrogens with zero attached hydrogens (tertiary/aromatic N) is 2. The van der Waals surface area contributed by atoms with Gasteiger partial charge in [0.05, 0.1) is 16.9 Å². The van der Waals surface area contributed by atoms with Crippen molar-refractivity contribution in [3.8, 4) is 11.3 Å². The van der Waals surface area contributed by atoms with E-state index in [0.717, 1.165) is 27.9 Å². The van der Waals surface area contributed by atoms with Crippen molar-refractivity contribution in [2.24, 2.45) is 0 Å². The minimum absolute atomic E-state index is 0.372. The minimum atomic E-state index is -4.61. The van der Waals surface area contributed by atoms with Gasteiger partial charge in [0, 0.05) is 11.6 Å². The van der Waals surface area contributed by atoms with E-state index in [9.17, 15) is 22.8 Å². The van der Waals surface area contributed by atoms with Crippen molar-refractivity contribution in [1.29, 1.82) is 0 Å². The Morgan fingerprint density at radius 3 is 2.43 bits per heavy atom. The summed E-state index contributed by atoms with van der Waals surface area (Å²) >= 11 is 0. The Balaban J connectivity index is 1.85. The molecule has 0 aliphatic carbocycles. The van der Waals surface area contributed by atoms with Gasteiger partial charge in [-0.2, -0.15) is 18.3 Å². The van der Waals surface area contributed by atoms with Crippen LogP contribution in [0.2, 0.25) is 0 Å². The molecule has 0 radical (unpaired) electrons. The van der Waals surface area contributed by atoms with Gasteiger partial charge < -0.3 is 5.32 Å². The highest BCUT2D eigenvalue weighted by Gasteiger charge is 2.33. The number of hydrogen-bond donors (Lipinski definition) is 1. The number of halogens is 3. The monoisotopic (exact) mass is 387 g/mol. The first-order chi connectivity index (χ1) is 13.3. The average molecular weight is 387 g/mol. The fraction of sp³-hybridized carbons (Fsp3) is 0.150. The fourth-order valence-electron chi connectivity index (χ4n) is 2.73. The van der Waals surface area contributed by atoms with Crippen LogP contribution in [0.5, 0.6) is 0 Å². The van der Waals surface area contributed by atoms with E-state index in [1.165, 1.54) is 24.3 Å². The number of benzene rings is 2. The van der Waals surface area contributed by atoms with Gasteiger partial charge in [-0.1, -0.05) is 36.4 Å². The second-order valence-electron chi connectivity index (χ2n) is 6.12. The van der Waals surface area contributed by atoms with Gasteiger partial charge in [-0.3, -0.25) is 9.59 Å². The van der Waals surface area contributed by atoms with Crippen molar-refractivity contribution in [2.45, 2.75) is 19.6 Å². The summed E-state index contributed by atoms with van der Waals surface area (Å²) in [5.74, 6) is -0.784. The molecule has 0 saturated heterocycles. The van der Waals surface area contributed by atoms with Crippen LogP contribution in [-0.2, 0) is 17.5 Å². The van der Waals surface area contributed by atoms with Crippen LogP contribution >= 0.6 is 0 Å². The van der Waals surface area contributed by atoms with Crippen molar-refractivity contribution in [3.63, 3.8) is 0 Å². The SMILES string of the molecule is Cc1ccccc1-c1ccc(=O)n(CC(=O)Nc2ccccc2C(F)(F)F)n1. The zero-order valence-corrected chi connectivity index (χ0v) is 14.8. The summed E-state index contributed by atoms with van der Waals surface area (Å²) in [5, 5.41) is 6.38. The zero-order chi connectivity index (χ0) is 20.3. The third-order valence-corrected chi connectivity index (χ3v) is 4.09. The number of anilines is 1. The number of rotatable bonds is 4. The Kier molecular flexibility index (Phi) is 5.30. The Hall–Kier alpha value is -3.42. The molecular formula is C20H16F3N3O2. The molecule has 1 aromatic heterocycles. The van der Waals surface area contributed by atoms with Crippen LogP contribution in [0.25, 0.3) is 11.3 Å². The van der Waals surface area contributed by atoms with E-state index >= 15 is 0 Å². The van der Waals surface area contributed by atoms with E-state index in [4.69, 9.17) is 0 Å². The lowest BCUT2D eigenvalue weighted by molar-refractivity contribution is -0.137. The molecule has 0 bridgehead atoms. The third kappa shape index (κ3) is 4.28. The molecule has 3 rings (SSSR count). The van der Waals surface area contributed by atoms with E-state index in [0.29, 0.717) is 5.69 Å². The molecule has 0 saturated carbocycles. The topological polar surface area (TPSA) is 64.0 Å². The number of aromatic nitrogens is 2. The standard InChI is InChI=1S/C20H16F3N3O2/c1-13-6-2-3-7-14(13)16-10-11-19(28)26(25-16)12-18(27)24-17-9-5-4-8-15(17)20(21,22)23/h2-11H,12H2,1H3,(H,24,27). The average Bonchev–Trinajstić information content (AvgIpc) is 2.63. The van der Waals surface area contributed by atoms with Crippen LogP contribution in [0.3, 0.4) is 0 Å². The fourth-order valence-corrected chi connectivity index (χ4v) is 2.73. The second-order valence-corrected chi connectivity index (χ2v) is 6.12. The van der Waals surface area contributed by atoms with E-state index in [-0.39, 0.29) is 5.69 Å². The summed E-state index contributed by atoms with van der Waals surface area (Å²) < 4.78 is 40.1. The number of alkyl halides is 3. The molecule has 1 amide bonds. The molecule has 1 heterocycles. The largest absolute Gasteiger partial charge is 0.418 e. The molecule has 2 aromatic carbocycles. The highest BCUT2D eigenvalue weighted by Crippen LogP contribution is 2.34. The number of amides is 1. The lowest BCUT2D eigenvalue weighted by Gasteiger charge is -2.14. The molecule has 0 spiro atoms. The van der Waals surface area contributed by atoms with Gasteiger partial charge in [0.15, 0.2) is 0 Å². The Morgan fingerprint density at radius 2 is 1.71 bits per heavy atom. The highest BCUT2D eigenvalue weighted by molar-refractivity contribution is 5.91. The Morgan fingerprint density at radius 1 is 1.04 bits per heavy atom. The van der Waals surface area contributed by atoms with Crippen molar-refractivity contribution >= 4 is 11.6 Å². The third-order valence-electron chi connectivity index (χ3n) is 4.09. The van der Waals surface area contributed by atoms with Crippen LogP contribution in [0.4, 0.5) is 18.9 Å². The predicted molar refractivity (Wildman–Crippen MR) is 98.7 cm³/mol. The maximum Gasteiger partial charge on any atom is 0.418 e. The molecular weight excluding hydrogens is 371 g/mol. The van der Waals surface area contributed by atoms with Crippen LogP contribution < -0.4 is 10.9 Å². The van der Waals surface area contributed by atoms with E-state index < -0.39 is 29.8 Å².